The highest BCUT2D eigenvalue weighted by Gasteiger charge is 2.53. The molecule has 1 aliphatic carbocycles. The van der Waals surface area contributed by atoms with Crippen molar-refractivity contribution in [2.45, 2.75) is 50.7 Å². The van der Waals surface area contributed by atoms with Crippen LogP contribution in [0.5, 0.6) is 0 Å². The molecule has 6 heteroatoms. The third-order valence-electron chi connectivity index (χ3n) is 5.68. The summed E-state index contributed by atoms with van der Waals surface area (Å²) in [6.45, 7) is 2.84. The van der Waals surface area contributed by atoms with E-state index in [1.54, 1.807) is 4.90 Å². The number of aryl methyl sites for hydroxylation is 1. The molecular weight excluding hydrogens is 356 g/mol. The molecule has 1 aromatic rings. The van der Waals surface area contributed by atoms with Crippen LogP contribution in [0.15, 0.2) is 24.3 Å². The van der Waals surface area contributed by atoms with E-state index in [9.17, 15) is 9.59 Å². The normalized spacial score (nSPS) is 26.0. The van der Waals surface area contributed by atoms with Crippen molar-refractivity contribution in [3.8, 4) is 11.8 Å². The molecule has 2 fully saturated rings. The Morgan fingerprint density at radius 3 is 2.89 bits per heavy atom. The number of benzene rings is 1. The zero-order valence-corrected chi connectivity index (χ0v) is 16.6. The second kappa shape index (κ2) is 8.66. The average molecular weight is 384 g/mol. The molecule has 0 radical (unpaired) electrons. The van der Waals surface area contributed by atoms with Gasteiger partial charge in [0.2, 0.25) is 0 Å². The number of ether oxygens (including phenoxy) is 2. The Balaban J connectivity index is 1.95. The van der Waals surface area contributed by atoms with Crippen LogP contribution in [0.4, 0.5) is 4.79 Å². The van der Waals surface area contributed by atoms with Gasteiger partial charge in [0, 0.05) is 30.6 Å². The molecule has 1 aromatic carbocycles. The first kappa shape index (κ1) is 20.2. The van der Waals surface area contributed by atoms with Crippen molar-refractivity contribution in [1.29, 1.82) is 0 Å². The van der Waals surface area contributed by atoms with Gasteiger partial charge in [-0.05, 0) is 56.2 Å². The molecule has 28 heavy (non-hydrogen) atoms. The topological polar surface area (TPSA) is 81.9 Å². The van der Waals surface area contributed by atoms with Crippen molar-refractivity contribution in [2.75, 3.05) is 20.2 Å². The van der Waals surface area contributed by atoms with Gasteiger partial charge in [-0.15, -0.1) is 0 Å². The van der Waals surface area contributed by atoms with E-state index in [1.807, 2.05) is 31.2 Å². The van der Waals surface area contributed by atoms with E-state index < -0.39 is 5.60 Å². The molecule has 2 N–H and O–H groups in total. The molecule has 1 saturated heterocycles. The first-order chi connectivity index (χ1) is 13.5. The quantitative estimate of drug-likeness (QED) is 0.640. The minimum absolute atomic E-state index is 0.0283. The van der Waals surface area contributed by atoms with Crippen LogP contribution >= 0.6 is 0 Å². The molecule has 150 valence electrons. The fourth-order valence-corrected chi connectivity index (χ4v) is 4.44. The van der Waals surface area contributed by atoms with Crippen LogP contribution in [-0.2, 0) is 14.3 Å². The van der Waals surface area contributed by atoms with Gasteiger partial charge in [0.25, 0.3) is 0 Å². The number of carbonyl (C=O) groups excluding carboxylic acids is 2. The van der Waals surface area contributed by atoms with Crippen LogP contribution in [-0.4, -0.2) is 48.8 Å². The van der Waals surface area contributed by atoms with Gasteiger partial charge in [-0.2, -0.15) is 0 Å². The smallest absolute Gasteiger partial charge is 0.409 e. The molecule has 1 aliphatic heterocycles. The Hall–Kier alpha value is -2.52. The maximum absolute atomic E-state index is 12.4. The summed E-state index contributed by atoms with van der Waals surface area (Å²) in [6.07, 6.45) is 2.92. The molecule has 3 rings (SSSR count). The van der Waals surface area contributed by atoms with Gasteiger partial charge in [-0.1, -0.05) is 18.1 Å². The average Bonchev–Trinajstić information content (AvgIpc) is 3.12. The summed E-state index contributed by atoms with van der Waals surface area (Å²) >= 11 is 0. The van der Waals surface area contributed by atoms with Gasteiger partial charge in [-0.3, -0.25) is 4.79 Å². The van der Waals surface area contributed by atoms with Crippen molar-refractivity contribution in [3.05, 3.63) is 35.4 Å². The number of esters is 1. The minimum atomic E-state index is -0.901. The molecule has 2 aliphatic rings. The van der Waals surface area contributed by atoms with Crippen molar-refractivity contribution >= 4 is 12.1 Å². The Labute approximate surface area is 166 Å². The van der Waals surface area contributed by atoms with E-state index in [4.69, 9.17) is 15.2 Å². The molecule has 1 amide bonds. The summed E-state index contributed by atoms with van der Waals surface area (Å²) in [5, 5.41) is 0. The standard InChI is InChI=1S/C22H28N2O4/c1-16-5-3-6-17(15-16)8-12-22(28-20(25)9-13-23)11-4-7-19-18(22)10-14-24(19)21(26)27-2/h3,5-6,15,18-19H,4,7,9-11,13-14,23H2,1-2H3. The van der Waals surface area contributed by atoms with Gasteiger partial charge in [0.15, 0.2) is 5.60 Å². The Bertz CT molecular complexity index is 797. The summed E-state index contributed by atoms with van der Waals surface area (Å²) in [7, 11) is 1.39. The number of amides is 1. The van der Waals surface area contributed by atoms with Crippen LogP contribution in [0, 0.1) is 24.7 Å². The number of hydrogen-bond donors (Lipinski definition) is 1. The first-order valence-electron chi connectivity index (χ1n) is 9.85. The predicted molar refractivity (Wildman–Crippen MR) is 105 cm³/mol. The molecule has 3 atom stereocenters. The first-order valence-corrected chi connectivity index (χ1v) is 9.85. The van der Waals surface area contributed by atoms with Crippen LogP contribution in [0.2, 0.25) is 0 Å². The zero-order valence-electron chi connectivity index (χ0n) is 16.6. The molecule has 6 nitrogen and oxygen atoms in total. The Morgan fingerprint density at radius 1 is 1.36 bits per heavy atom. The summed E-state index contributed by atoms with van der Waals surface area (Å²) in [4.78, 5) is 26.3. The number of nitrogens with zero attached hydrogens (tertiary/aromatic N) is 1. The molecule has 1 saturated carbocycles. The van der Waals surface area contributed by atoms with E-state index in [0.29, 0.717) is 13.0 Å². The summed E-state index contributed by atoms with van der Waals surface area (Å²) in [5.41, 5.74) is 6.65. The summed E-state index contributed by atoms with van der Waals surface area (Å²) < 4.78 is 10.9. The van der Waals surface area contributed by atoms with E-state index in [0.717, 1.165) is 30.4 Å². The van der Waals surface area contributed by atoms with Crippen LogP contribution < -0.4 is 5.73 Å². The van der Waals surface area contributed by atoms with Crippen molar-refractivity contribution < 1.29 is 19.1 Å². The maximum atomic E-state index is 12.4. The lowest BCUT2D eigenvalue weighted by Gasteiger charge is -2.42. The van der Waals surface area contributed by atoms with Gasteiger partial charge in [0.1, 0.15) is 0 Å². The SMILES string of the molecule is COC(=O)N1CCC2C1CCCC2(C#Cc1cccc(C)c1)OC(=O)CCN. The number of likely N-dealkylation sites (tertiary alicyclic amines) is 1. The maximum Gasteiger partial charge on any atom is 0.409 e. The minimum Gasteiger partial charge on any atom is -0.453 e. The second-order valence-electron chi connectivity index (χ2n) is 7.54. The second-order valence-corrected chi connectivity index (χ2v) is 7.54. The lowest BCUT2D eigenvalue weighted by atomic mass is 9.72. The molecule has 0 aromatic heterocycles. The van der Waals surface area contributed by atoms with E-state index >= 15 is 0 Å². The lowest BCUT2D eigenvalue weighted by Crippen LogP contribution is -2.52. The third-order valence-corrected chi connectivity index (χ3v) is 5.68. The zero-order chi connectivity index (χ0) is 20.1. The molecule has 1 heterocycles. The molecule has 3 unspecified atom stereocenters. The molecular formula is C22H28N2O4. The van der Waals surface area contributed by atoms with E-state index in [2.05, 4.69) is 11.8 Å². The fourth-order valence-electron chi connectivity index (χ4n) is 4.44. The largest absolute Gasteiger partial charge is 0.453 e. The monoisotopic (exact) mass is 384 g/mol. The number of rotatable bonds is 3. The van der Waals surface area contributed by atoms with Gasteiger partial charge < -0.3 is 20.1 Å². The van der Waals surface area contributed by atoms with Crippen LogP contribution in [0.25, 0.3) is 0 Å². The summed E-state index contributed by atoms with van der Waals surface area (Å²) in [6, 6.07) is 7.91. The lowest BCUT2D eigenvalue weighted by molar-refractivity contribution is -0.162. The molecule has 0 spiro atoms. The van der Waals surface area contributed by atoms with Crippen LogP contribution in [0.3, 0.4) is 0 Å². The predicted octanol–water partition coefficient (Wildman–Crippen LogP) is 2.62. The third kappa shape index (κ3) is 4.15. The Morgan fingerprint density at radius 2 is 2.18 bits per heavy atom. The summed E-state index contributed by atoms with van der Waals surface area (Å²) in [5.74, 6) is 6.16. The van der Waals surface area contributed by atoms with E-state index in [-0.39, 0.29) is 37.0 Å². The Kier molecular flexibility index (Phi) is 6.25. The van der Waals surface area contributed by atoms with Gasteiger partial charge in [-0.25, -0.2) is 4.79 Å². The van der Waals surface area contributed by atoms with Crippen molar-refractivity contribution in [3.63, 3.8) is 0 Å². The van der Waals surface area contributed by atoms with Gasteiger partial charge in [0.05, 0.1) is 13.5 Å². The highest BCUT2D eigenvalue weighted by atomic mass is 16.6. The molecule has 0 bridgehead atoms. The number of methoxy groups -OCH3 is 1. The van der Waals surface area contributed by atoms with Crippen LogP contribution in [0.1, 0.15) is 43.2 Å². The van der Waals surface area contributed by atoms with Crippen molar-refractivity contribution in [1.82, 2.24) is 4.90 Å². The van der Waals surface area contributed by atoms with Gasteiger partial charge >= 0.3 is 12.1 Å². The van der Waals surface area contributed by atoms with Crippen molar-refractivity contribution in [2.24, 2.45) is 11.7 Å². The number of carbonyl (C=O) groups is 2. The van der Waals surface area contributed by atoms with E-state index in [1.165, 1.54) is 7.11 Å². The highest BCUT2D eigenvalue weighted by Crippen LogP contribution is 2.45. The highest BCUT2D eigenvalue weighted by molar-refractivity contribution is 5.71. The number of nitrogens with two attached hydrogens (primary N) is 1. The fraction of sp³-hybridized carbons (Fsp3) is 0.545. The number of fused-ring (bicyclic) bond motifs is 1. The number of hydrogen-bond acceptors (Lipinski definition) is 5.